The van der Waals surface area contributed by atoms with Gasteiger partial charge in [0.25, 0.3) is 11.8 Å². The zero-order valence-electron chi connectivity index (χ0n) is 14.8. The summed E-state index contributed by atoms with van der Waals surface area (Å²) in [7, 11) is 0. The number of hydrogen-bond acceptors (Lipinski definition) is 4. The summed E-state index contributed by atoms with van der Waals surface area (Å²) in [6, 6.07) is 5.31. The average Bonchev–Trinajstić information content (AvgIpc) is 3.30. The molecule has 2 fully saturated rings. The Morgan fingerprint density at radius 1 is 1.27 bits per heavy atom. The van der Waals surface area contributed by atoms with Gasteiger partial charge in [0.1, 0.15) is 5.75 Å². The van der Waals surface area contributed by atoms with Crippen molar-refractivity contribution in [2.24, 2.45) is 28.8 Å². The second-order valence-electron chi connectivity index (χ2n) is 7.26. The van der Waals surface area contributed by atoms with E-state index in [0.29, 0.717) is 16.3 Å². The topological polar surface area (TPSA) is 59.0 Å². The molecule has 1 aromatic carbocycles. The Morgan fingerprint density at radius 2 is 1.92 bits per heavy atom. The molecule has 1 saturated heterocycles. The number of ether oxygens (including phenoxy) is 1. The van der Waals surface area contributed by atoms with Crippen molar-refractivity contribution in [1.29, 1.82) is 0 Å². The maximum Gasteiger partial charge on any atom is 0.254 e. The molecule has 0 unspecified atom stereocenters. The van der Waals surface area contributed by atoms with Crippen LogP contribution < -0.4 is 4.74 Å². The molecular formula is C20H21ClN2O3. The monoisotopic (exact) mass is 372 g/mol. The summed E-state index contributed by atoms with van der Waals surface area (Å²) in [5.41, 5.74) is 0.713. The molecule has 3 aliphatic rings. The highest BCUT2D eigenvalue weighted by Gasteiger charge is 2.59. The second kappa shape index (κ2) is 6.54. The van der Waals surface area contributed by atoms with Crippen LogP contribution in [-0.2, 0) is 9.59 Å². The van der Waals surface area contributed by atoms with E-state index in [9.17, 15) is 9.59 Å². The zero-order valence-corrected chi connectivity index (χ0v) is 15.5. The number of carbonyl (C=O) groups is 2. The SMILES string of the molecule is CC[C@H](C)Oc1ccc(C=NN2C(=O)[C@@H]3[C@H](C2=O)[C@H]2C=C[C@H]3C2)cc1Cl. The lowest BCUT2D eigenvalue weighted by molar-refractivity contribution is -0.140. The molecule has 4 rings (SSSR count). The summed E-state index contributed by atoms with van der Waals surface area (Å²) in [4.78, 5) is 25.2. The summed E-state index contributed by atoms with van der Waals surface area (Å²) in [5, 5.41) is 5.68. The van der Waals surface area contributed by atoms with Crippen LogP contribution in [0.4, 0.5) is 0 Å². The molecule has 2 amide bonds. The number of benzene rings is 1. The Morgan fingerprint density at radius 3 is 2.50 bits per heavy atom. The van der Waals surface area contributed by atoms with E-state index in [0.717, 1.165) is 17.9 Å². The molecule has 0 aromatic heterocycles. The number of allylic oxidation sites excluding steroid dienone is 2. The van der Waals surface area contributed by atoms with E-state index >= 15 is 0 Å². The van der Waals surface area contributed by atoms with E-state index < -0.39 is 0 Å². The number of fused-ring (bicyclic) bond motifs is 5. The van der Waals surface area contributed by atoms with E-state index in [1.807, 2.05) is 19.9 Å². The van der Waals surface area contributed by atoms with Crippen molar-refractivity contribution in [2.75, 3.05) is 0 Å². The first-order valence-corrected chi connectivity index (χ1v) is 9.43. The smallest absolute Gasteiger partial charge is 0.254 e. The van der Waals surface area contributed by atoms with Crippen molar-refractivity contribution >= 4 is 29.6 Å². The van der Waals surface area contributed by atoms with Gasteiger partial charge in [0, 0.05) is 0 Å². The van der Waals surface area contributed by atoms with Crippen LogP contribution in [0, 0.1) is 23.7 Å². The largest absolute Gasteiger partial charge is 0.489 e. The predicted octanol–water partition coefficient (Wildman–Crippen LogP) is 3.66. The lowest BCUT2D eigenvalue weighted by Gasteiger charge is -2.14. The number of rotatable bonds is 5. The molecule has 6 heteroatoms. The number of imide groups is 1. The van der Waals surface area contributed by atoms with Crippen LogP contribution in [0.15, 0.2) is 35.5 Å². The third-order valence-corrected chi connectivity index (χ3v) is 5.92. The van der Waals surface area contributed by atoms with Crippen LogP contribution in [0.5, 0.6) is 5.75 Å². The fourth-order valence-corrected chi connectivity index (χ4v) is 4.35. The van der Waals surface area contributed by atoms with Gasteiger partial charge in [0.15, 0.2) is 0 Å². The highest BCUT2D eigenvalue weighted by Crippen LogP contribution is 2.52. The Kier molecular flexibility index (Phi) is 4.35. The molecule has 0 N–H and O–H groups in total. The van der Waals surface area contributed by atoms with E-state index in [4.69, 9.17) is 16.3 Å². The van der Waals surface area contributed by atoms with Gasteiger partial charge in [0.05, 0.1) is 29.2 Å². The van der Waals surface area contributed by atoms with Crippen LogP contribution in [0.1, 0.15) is 32.3 Å². The van der Waals surface area contributed by atoms with E-state index in [1.165, 1.54) is 6.21 Å². The Labute approximate surface area is 157 Å². The second-order valence-corrected chi connectivity index (χ2v) is 7.67. The summed E-state index contributed by atoms with van der Waals surface area (Å²) >= 11 is 6.27. The lowest BCUT2D eigenvalue weighted by Crippen LogP contribution is -2.28. The van der Waals surface area contributed by atoms with Crippen LogP contribution in [0.2, 0.25) is 5.02 Å². The first-order valence-electron chi connectivity index (χ1n) is 9.06. The van der Waals surface area contributed by atoms with Crippen molar-refractivity contribution < 1.29 is 14.3 Å². The number of nitrogens with zero attached hydrogens (tertiary/aromatic N) is 2. The van der Waals surface area contributed by atoms with Gasteiger partial charge in [-0.15, -0.1) is 0 Å². The zero-order chi connectivity index (χ0) is 18.4. The molecule has 5 nitrogen and oxygen atoms in total. The van der Waals surface area contributed by atoms with Gasteiger partial charge in [-0.2, -0.15) is 10.1 Å². The van der Waals surface area contributed by atoms with Crippen LogP contribution in [0.3, 0.4) is 0 Å². The summed E-state index contributed by atoms with van der Waals surface area (Å²) < 4.78 is 5.74. The Balaban J connectivity index is 1.49. The summed E-state index contributed by atoms with van der Waals surface area (Å²) in [6.07, 6.45) is 7.52. The standard InChI is InChI=1S/C20H21ClN2O3/c1-3-11(2)26-16-7-4-12(8-15(16)21)10-22-23-19(24)17-13-5-6-14(9-13)18(17)20(23)25/h4-8,10-11,13-14,17-18H,3,9H2,1-2H3/t11-,13-,14-,17-,18+/m0/s1. The third-order valence-electron chi connectivity index (χ3n) is 5.63. The average molecular weight is 373 g/mol. The molecule has 26 heavy (non-hydrogen) atoms. The first kappa shape index (κ1) is 17.3. The minimum absolute atomic E-state index is 0.0789. The molecule has 136 valence electrons. The fraction of sp³-hybridized carbons (Fsp3) is 0.450. The van der Waals surface area contributed by atoms with Crippen LogP contribution >= 0.6 is 11.6 Å². The summed E-state index contributed by atoms with van der Waals surface area (Å²) in [5.74, 6) is 0.158. The molecular weight excluding hydrogens is 352 g/mol. The molecule has 2 aliphatic carbocycles. The number of amides is 2. The van der Waals surface area contributed by atoms with E-state index in [2.05, 4.69) is 17.3 Å². The van der Waals surface area contributed by atoms with Crippen molar-refractivity contribution in [3.05, 3.63) is 40.9 Å². The van der Waals surface area contributed by atoms with E-state index in [1.54, 1.807) is 12.1 Å². The number of hydrazone groups is 1. The molecule has 1 aromatic rings. The van der Waals surface area contributed by atoms with Gasteiger partial charge in [-0.3, -0.25) is 9.59 Å². The lowest BCUT2D eigenvalue weighted by atomic mass is 9.85. The maximum atomic E-state index is 12.6. The summed E-state index contributed by atoms with van der Waals surface area (Å²) in [6.45, 7) is 4.02. The van der Waals surface area contributed by atoms with Gasteiger partial charge in [-0.05, 0) is 55.4 Å². The third kappa shape index (κ3) is 2.75. The van der Waals surface area contributed by atoms with Gasteiger partial charge in [0.2, 0.25) is 0 Å². The van der Waals surface area contributed by atoms with Crippen molar-refractivity contribution in [1.82, 2.24) is 5.01 Å². The molecule has 1 heterocycles. The predicted molar refractivity (Wildman–Crippen MR) is 99.0 cm³/mol. The highest BCUT2D eigenvalue weighted by atomic mass is 35.5. The van der Waals surface area contributed by atoms with Crippen molar-refractivity contribution in [3.8, 4) is 5.75 Å². The normalized spacial score (nSPS) is 30.5. The van der Waals surface area contributed by atoms with Gasteiger partial charge in [-0.1, -0.05) is 30.7 Å². The number of hydrogen-bond donors (Lipinski definition) is 0. The molecule has 1 saturated carbocycles. The molecule has 2 bridgehead atoms. The maximum absolute atomic E-state index is 12.6. The minimum atomic E-state index is -0.232. The molecule has 5 atom stereocenters. The van der Waals surface area contributed by atoms with Crippen molar-refractivity contribution in [2.45, 2.75) is 32.8 Å². The first-order chi connectivity index (χ1) is 12.5. The fourth-order valence-electron chi connectivity index (χ4n) is 4.12. The molecule has 1 aliphatic heterocycles. The van der Waals surface area contributed by atoms with Gasteiger partial charge in [-0.25, -0.2) is 0 Å². The van der Waals surface area contributed by atoms with Crippen molar-refractivity contribution in [3.63, 3.8) is 0 Å². The quantitative estimate of drug-likeness (QED) is 0.450. The molecule has 0 radical (unpaired) electrons. The molecule has 0 spiro atoms. The van der Waals surface area contributed by atoms with Gasteiger partial charge < -0.3 is 4.74 Å². The van der Waals surface area contributed by atoms with Crippen LogP contribution in [0.25, 0.3) is 0 Å². The Bertz CT molecular complexity index is 789. The highest BCUT2D eigenvalue weighted by molar-refractivity contribution is 6.32. The minimum Gasteiger partial charge on any atom is -0.489 e. The number of halogens is 1. The van der Waals surface area contributed by atoms with E-state index in [-0.39, 0.29) is 41.6 Å². The van der Waals surface area contributed by atoms with Gasteiger partial charge >= 0.3 is 0 Å². The number of carbonyl (C=O) groups excluding carboxylic acids is 2. The Hall–Kier alpha value is -2.14. The van der Waals surface area contributed by atoms with Crippen LogP contribution in [-0.4, -0.2) is 29.1 Å².